The van der Waals surface area contributed by atoms with E-state index in [4.69, 9.17) is 11.6 Å². The van der Waals surface area contributed by atoms with Crippen LogP contribution < -0.4 is 10.2 Å². The molecule has 0 atom stereocenters. The summed E-state index contributed by atoms with van der Waals surface area (Å²) in [5.41, 5.74) is 0.968. The van der Waals surface area contributed by atoms with Crippen molar-refractivity contribution in [3.05, 3.63) is 47.1 Å². The molecule has 0 bridgehead atoms. The molecule has 11 heteroatoms. The lowest BCUT2D eigenvalue weighted by Crippen LogP contribution is -2.29. The molecule has 2 aromatic heterocycles. The zero-order chi connectivity index (χ0) is 22.0. The largest absolute Gasteiger partial charge is 0.417 e. The number of pyridine rings is 1. The molecule has 0 spiro atoms. The Morgan fingerprint density at radius 2 is 1.84 bits per heavy atom. The first-order valence-corrected chi connectivity index (χ1v) is 11.1. The van der Waals surface area contributed by atoms with Gasteiger partial charge in [-0.25, -0.2) is 0 Å². The standard InChI is InChI=1S/C20H19ClF3N5OS/c21-16-10-13(20(22,23)24)11-29-18(16)26-27-19(29)31-12-17(30)25-14-4-6-15(7-5-14)28-8-2-1-3-9-28/h4-7,10-11H,1-3,8-9,12H2,(H,25,30). The molecule has 1 fully saturated rings. The number of hydrogen-bond acceptors (Lipinski definition) is 5. The van der Waals surface area contributed by atoms with Crippen LogP contribution in [0.4, 0.5) is 24.5 Å². The number of aromatic nitrogens is 3. The minimum atomic E-state index is -4.55. The van der Waals surface area contributed by atoms with Crippen molar-refractivity contribution in [1.82, 2.24) is 14.6 Å². The highest BCUT2D eigenvalue weighted by Crippen LogP contribution is 2.33. The number of benzene rings is 1. The van der Waals surface area contributed by atoms with E-state index in [0.29, 0.717) is 5.69 Å². The Morgan fingerprint density at radius 1 is 1.13 bits per heavy atom. The highest BCUT2D eigenvalue weighted by atomic mass is 35.5. The average molecular weight is 470 g/mol. The summed E-state index contributed by atoms with van der Waals surface area (Å²) >= 11 is 6.89. The second kappa shape index (κ2) is 8.96. The van der Waals surface area contributed by atoms with Crippen LogP contribution in [0.3, 0.4) is 0 Å². The Balaban J connectivity index is 1.39. The van der Waals surface area contributed by atoms with Crippen molar-refractivity contribution in [3.8, 4) is 0 Å². The Hall–Kier alpha value is -2.46. The van der Waals surface area contributed by atoms with Gasteiger partial charge in [-0.2, -0.15) is 13.2 Å². The zero-order valence-electron chi connectivity index (χ0n) is 16.3. The summed E-state index contributed by atoms with van der Waals surface area (Å²) in [7, 11) is 0. The van der Waals surface area contributed by atoms with Crippen molar-refractivity contribution in [1.29, 1.82) is 0 Å². The van der Waals surface area contributed by atoms with E-state index in [1.54, 1.807) is 0 Å². The van der Waals surface area contributed by atoms with Crippen LogP contribution >= 0.6 is 23.4 Å². The van der Waals surface area contributed by atoms with E-state index >= 15 is 0 Å². The molecule has 1 aromatic carbocycles. The van der Waals surface area contributed by atoms with E-state index in [2.05, 4.69) is 20.4 Å². The Kier molecular flexibility index (Phi) is 6.29. The molecule has 1 aliphatic heterocycles. The van der Waals surface area contributed by atoms with Crippen LogP contribution in [0, 0.1) is 0 Å². The first-order valence-electron chi connectivity index (χ1n) is 9.70. The number of halogens is 4. The third-order valence-electron chi connectivity index (χ3n) is 4.96. The van der Waals surface area contributed by atoms with Crippen LogP contribution in [0.25, 0.3) is 5.65 Å². The first kappa shape index (κ1) is 21.8. The summed E-state index contributed by atoms with van der Waals surface area (Å²) in [5.74, 6) is -0.340. The van der Waals surface area contributed by atoms with Crippen LogP contribution in [-0.4, -0.2) is 39.3 Å². The van der Waals surface area contributed by atoms with Crippen molar-refractivity contribution < 1.29 is 18.0 Å². The fourth-order valence-electron chi connectivity index (χ4n) is 3.42. The molecular weight excluding hydrogens is 451 g/mol. The topological polar surface area (TPSA) is 62.5 Å². The Bertz CT molecular complexity index is 1080. The number of nitrogens with zero attached hydrogens (tertiary/aromatic N) is 4. The number of anilines is 2. The summed E-state index contributed by atoms with van der Waals surface area (Å²) in [5, 5.41) is 10.5. The maximum Gasteiger partial charge on any atom is 0.417 e. The van der Waals surface area contributed by atoms with Gasteiger partial charge in [-0.3, -0.25) is 9.20 Å². The lowest BCUT2D eigenvalue weighted by atomic mass is 10.1. The summed E-state index contributed by atoms with van der Waals surface area (Å²) in [6, 6.07) is 8.44. The molecule has 0 unspecified atom stereocenters. The number of carbonyl (C=O) groups is 1. The van der Waals surface area contributed by atoms with Gasteiger partial charge in [0.2, 0.25) is 5.91 Å². The maximum absolute atomic E-state index is 13.1. The second-order valence-corrected chi connectivity index (χ2v) is 8.53. The van der Waals surface area contributed by atoms with Crippen LogP contribution in [0.2, 0.25) is 5.02 Å². The summed E-state index contributed by atoms with van der Waals surface area (Å²) < 4.78 is 40.3. The Morgan fingerprint density at radius 3 is 2.52 bits per heavy atom. The maximum atomic E-state index is 13.1. The highest BCUT2D eigenvalue weighted by molar-refractivity contribution is 7.99. The molecule has 6 nitrogen and oxygen atoms in total. The number of piperidine rings is 1. The number of thioether (sulfide) groups is 1. The lowest BCUT2D eigenvalue weighted by molar-refractivity contribution is -0.137. The van der Waals surface area contributed by atoms with E-state index in [0.717, 1.165) is 47.2 Å². The van der Waals surface area contributed by atoms with Crippen LogP contribution in [0.5, 0.6) is 0 Å². The molecular formula is C20H19ClF3N5OS. The van der Waals surface area contributed by atoms with E-state index in [-0.39, 0.29) is 27.5 Å². The molecule has 31 heavy (non-hydrogen) atoms. The van der Waals surface area contributed by atoms with Crippen molar-refractivity contribution in [2.75, 3.05) is 29.1 Å². The molecule has 1 N–H and O–H groups in total. The third kappa shape index (κ3) is 5.07. The fourth-order valence-corrected chi connectivity index (χ4v) is 4.38. The van der Waals surface area contributed by atoms with Crippen molar-refractivity contribution in [2.45, 2.75) is 30.6 Å². The van der Waals surface area contributed by atoms with Gasteiger partial charge in [0.15, 0.2) is 10.8 Å². The summed E-state index contributed by atoms with van der Waals surface area (Å²) in [4.78, 5) is 14.6. The predicted molar refractivity (Wildman–Crippen MR) is 115 cm³/mol. The van der Waals surface area contributed by atoms with Crippen LogP contribution in [0.1, 0.15) is 24.8 Å². The number of carbonyl (C=O) groups excluding carboxylic acids is 1. The van der Waals surface area contributed by atoms with Gasteiger partial charge < -0.3 is 10.2 Å². The SMILES string of the molecule is O=C(CSc1nnc2c(Cl)cc(C(F)(F)F)cn12)Nc1ccc(N2CCCCC2)cc1. The summed E-state index contributed by atoms with van der Waals surface area (Å²) in [6.07, 6.45) is -0.0543. The van der Waals surface area contributed by atoms with Gasteiger partial charge in [-0.05, 0) is 49.6 Å². The number of hydrogen-bond donors (Lipinski definition) is 1. The molecule has 3 aromatic rings. The van der Waals surface area contributed by atoms with E-state index in [9.17, 15) is 18.0 Å². The number of fused-ring (bicyclic) bond motifs is 1. The molecule has 1 amide bonds. The zero-order valence-corrected chi connectivity index (χ0v) is 17.9. The third-order valence-corrected chi connectivity index (χ3v) is 6.18. The predicted octanol–water partition coefficient (Wildman–Crippen LogP) is 5.12. The normalized spacial score (nSPS) is 14.8. The van der Waals surface area contributed by atoms with Crippen LogP contribution in [-0.2, 0) is 11.0 Å². The molecule has 0 saturated carbocycles. The molecule has 1 aliphatic rings. The van der Waals surface area contributed by atoms with E-state index < -0.39 is 11.7 Å². The molecule has 4 rings (SSSR count). The fraction of sp³-hybridized carbons (Fsp3) is 0.350. The number of alkyl halides is 3. The van der Waals surface area contributed by atoms with Gasteiger partial charge in [0.1, 0.15) is 0 Å². The molecule has 164 valence electrons. The number of amides is 1. The van der Waals surface area contributed by atoms with Crippen LogP contribution in [0.15, 0.2) is 41.7 Å². The van der Waals surface area contributed by atoms with Gasteiger partial charge in [-0.1, -0.05) is 23.4 Å². The molecule has 3 heterocycles. The summed E-state index contributed by atoms with van der Waals surface area (Å²) in [6.45, 7) is 2.07. The Labute approximate surface area is 185 Å². The minimum Gasteiger partial charge on any atom is -0.372 e. The first-order chi connectivity index (χ1) is 14.8. The van der Waals surface area contributed by atoms with E-state index in [1.165, 1.54) is 19.3 Å². The number of rotatable bonds is 5. The quantitative estimate of drug-likeness (QED) is 0.525. The average Bonchev–Trinajstić information content (AvgIpc) is 3.16. The molecule has 0 radical (unpaired) electrons. The van der Waals surface area contributed by atoms with Crippen molar-refractivity contribution in [2.24, 2.45) is 0 Å². The molecule has 1 saturated heterocycles. The smallest absolute Gasteiger partial charge is 0.372 e. The van der Waals surface area contributed by atoms with Gasteiger partial charge in [-0.15, -0.1) is 10.2 Å². The van der Waals surface area contributed by atoms with Crippen molar-refractivity contribution >= 4 is 46.3 Å². The van der Waals surface area contributed by atoms with Gasteiger partial charge in [0.05, 0.1) is 16.3 Å². The van der Waals surface area contributed by atoms with Crippen molar-refractivity contribution in [3.63, 3.8) is 0 Å². The second-order valence-electron chi connectivity index (χ2n) is 7.18. The lowest BCUT2D eigenvalue weighted by Gasteiger charge is -2.28. The minimum absolute atomic E-state index is 0.0392. The highest BCUT2D eigenvalue weighted by Gasteiger charge is 2.32. The van der Waals surface area contributed by atoms with E-state index in [1.807, 2.05) is 24.3 Å². The number of nitrogens with one attached hydrogen (secondary N) is 1. The van der Waals surface area contributed by atoms with Gasteiger partial charge in [0.25, 0.3) is 0 Å². The van der Waals surface area contributed by atoms with Gasteiger partial charge in [0, 0.05) is 30.7 Å². The van der Waals surface area contributed by atoms with Gasteiger partial charge >= 0.3 is 6.18 Å². The monoisotopic (exact) mass is 469 g/mol. The molecule has 0 aliphatic carbocycles.